The van der Waals surface area contributed by atoms with E-state index >= 15 is 0 Å². The van der Waals surface area contributed by atoms with Crippen molar-refractivity contribution >= 4 is 0 Å². The molecule has 4 saturated carbocycles. The van der Waals surface area contributed by atoms with Gasteiger partial charge in [0.15, 0.2) is 0 Å². The van der Waals surface area contributed by atoms with E-state index in [-0.39, 0.29) is 11.5 Å². The van der Waals surface area contributed by atoms with E-state index in [1.807, 2.05) is 5.57 Å². The monoisotopic (exact) mass is 426 g/mol. The quantitative estimate of drug-likeness (QED) is 0.387. The first-order valence-electron chi connectivity index (χ1n) is 13.6. The van der Waals surface area contributed by atoms with Gasteiger partial charge in [0.1, 0.15) is 0 Å². The van der Waals surface area contributed by atoms with Crippen LogP contribution in [-0.2, 0) is 0 Å². The Balaban J connectivity index is 1.57. The van der Waals surface area contributed by atoms with Crippen LogP contribution in [0.25, 0.3) is 0 Å². The molecule has 1 N–H and O–H groups in total. The second-order valence-corrected chi connectivity index (χ2v) is 14.9. The lowest BCUT2D eigenvalue weighted by atomic mass is 9.32. The van der Waals surface area contributed by atoms with Crippen molar-refractivity contribution < 1.29 is 5.11 Å². The van der Waals surface area contributed by atoms with Gasteiger partial charge >= 0.3 is 0 Å². The lowest BCUT2D eigenvalue weighted by molar-refractivity contribution is -0.196. The molecule has 1 heteroatoms. The maximum absolute atomic E-state index is 10.9. The fourth-order valence-electron chi connectivity index (χ4n) is 10.8. The van der Waals surface area contributed by atoms with Gasteiger partial charge in [-0.2, -0.15) is 0 Å². The molecule has 0 aromatic rings. The standard InChI is InChI=1S/C30H50O/c1-25(2)15-9-10-23-29(25,7)19-18-28(6)21-11-12-22-26(3,4)24(31)14-16-27(22,5)20(21)13-17-30(23,28)8/h11,20,22-24,31H,9-10,12-19H2,1-8H3/t20-,22-,23-,24+,27-,28-,29+,30+/m1/s1. The van der Waals surface area contributed by atoms with Gasteiger partial charge in [-0.1, -0.05) is 73.5 Å². The van der Waals surface area contributed by atoms with Gasteiger partial charge < -0.3 is 5.11 Å². The van der Waals surface area contributed by atoms with E-state index in [1.54, 1.807) is 0 Å². The predicted molar refractivity (Wildman–Crippen MR) is 131 cm³/mol. The molecule has 5 aliphatic carbocycles. The molecule has 0 aromatic heterocycles. The molecule has 0 bridgehead atoms. The highest BCUT2D eigenvalue weighted by Crippen LogP contribution is 2.76. The first kappa shape index (κ1) is 22.5. The minimum absolute atomic E-state index is 0.0369. The summed E-state index contributed by atoms with van der Waals surface area (Å²) in [6.45, 7) is 20.6. The molecule has 4 fully saturated rings. The van der Waals surface area contributed by atoms with Gasteiger partial charge in [0, 0.05) is 0 Å². The number of rotatable bonds is 0. The van der Waals surface area contributed by atoms with Gasteiger partial charge in [-0.15, -0.1) is 0 Å². The maximum atomic E-state index is 10.9. The molecule has 0 aliphatic heterocycles. The van der Waals surface area contributed by atoms with Crippen LogP contribution in [-0.4, -0.2) is 11.2 Å². The third kappa shape index (κ3) is 2.54. The van der Waals surface area contributed by atoms with Crippen LogP contribution >= 0.6 is 0 Å². The molecule has 0 saturated heterocycles. The van der Waals surface area contributed by atoms with Crippen molar-refractivity contribution in [1.29, 1.82) is 0 Å². The lowest BCUT2D eigenvalue weighted by Crippen LogP contribution is -2.64. The zero-order valence-corrected chi connectivity index (χ0v) is 21.9. The Hall–Kier alpha value is -0.300. The smallest absolute Gasteiger partial charge is 0.0594 e. The van der Waals surface area contributed by atoms with Crippen molar-refractivity contribution in [1.82, 2.24) is 0 Å². The van der Waals surface area contributed by atoms with Crippen LogP contribution in [0.1, 0.15) is 120 Å². The van der Waals surface area contributed by atoms with Gasteiger partial charge in [-0.3, -0.25) is 0 Å². The number of hydrogen-bond donors (Lipinski definition) is 1. The van der Waals surface area contributed by atoms with Crippen molar-refractivity contribution in [2.75, 3.05) is 0 Å². The summed E-state index contributed by atoms with van der Waals surface area (Å²) in [4.78, 5) is 0. The Kier molecular flexibility index (Phi) is 4.66. The third-order valence-corrected chi connectivity index (χ3v) is 13.6. The summed E-state index contributed by atoms with van der Waals surface area (Å²) in [6.07, 6.45) is 15.8. The van der Waals surface area contributed by atoms with Crippen molar-refractivity contribution in [2.45, 2.75) is 126 Å². The van der Waals surface area contributed by atoms with E-state index in [0.29, 0.717) is 33.0 Å². The number of allylic oxidation sites excluding steroid dienone is 2. The van der Waals surface area contributed by atoms with Crippen LogP contribution in [0.2, 0.25) is 0 Å². The van der Waals surface area contributed by atoms with Gasteiger partial charge in [-0.25, -0.2) is 0 Å². The van der Waals surface area contributed by atoms with E-state index in [9.17, 15) is 5.11 Å². The molecule has 0 heterocycles. The molecule has 8 atom stereocenters. The van der Waals surface area contributed by atoms with Gasteiger partial charge in [0.2, 0.25) is 0 Å². The minimum Gasteiger partial charge on any atom is -0.393 e. The topological polar surface area (TPSA) is 20.2 Å². The van der Waals surface area contributed by atoms with Crippen molar-refractivity contribution in [3.8, 4) is 0 Å². The van der Waals surface area contributed by atoms with Crippen molar-refractivity contribution in [2.24, 2.45) is 50.2 Å². The molecule has 0 spiro atoms. The molecule has 1 nitrogen and oxygen atoms in total. The molecule has 176 valence electrons. The van der Waals surface area contributed by atoms with Crippen LogP contribution in [0.15, 0.2) is 11.6 Å². The minimum atomic E-state index is -0.134. The molecule has 0 amide bonds. The Morgan fingerprint density at radius 2 is 1.45 bits per heavy atom. The van der Waals surface area contributed by atoms with E-state index in [0.717, 1.165) is 18.3 Å². The molecular weight excluding hydrogens is 376 g/mol. The summed E-state index contributed by atoms with van der Waals surface area (Å²) in [5.74, 6) is 2.21. The van der Waals surface area contributed by atoms with E-state index < -0.39 is 0 Å². The molecular formula is C30H50O. The summed E-state index contributed by atoms with van der Waals surface area (Å²) in [5.41, 5.74) is 4.02. The largest absolute Gasteiger partial charge is 0.393 e. The molecule has 5 rings (SSSR count). The van der Waals surface area contributed by atoms with Crippen LogP contribution in [0, 0.1) is 50.2 Å². The first-order chi connectivity index (χ1) is 14.2. The van der Waals surface area contributed by atoms with E-state index in [2.05, 4.69) is 61.5 Å². The third-order valence-electron chi connectivity index (χ3n) is 13.6. The van der Waals surface area contributed by atoms with Gasteiger partial charge in [0.25, 0.3) is 0 Å². The Bertz CT molecular complexity index is 790. The second-order valence-electron chi connectivity index (χ2n) is 14.9. The van der Waals surface area contributed by atoms with E-state index in [1.165, 1.54) is 57.8 Å². The van der Waals surface area contributed by atoms with Crippen molar-refractivity contribution in [3.05, 3.63) is 11.6 Å². The van der Waals surface area contributed by atoms with E-state index in [4.69, 9.17) is 0 Å². The highest BCUT2D eigenvalue weighted by molar-refractivity contribution is 5.33. The fraction of sp³-hybridized carbons (Fsp3) is 0.933. The summed E-state index contributed by atoms with van der Waals surface area (Å²) in [5, 5.41) is 10.9. The number of aliphatic hydroxyl groups is 1. The highest BCUT2D eigenvalue weighted by Gasteiger charge is 2.68. The summed E-state index contributed by atoms with van der Waals surface area (Å²) in [6, 6.07) is 0. The molecule has 31 heavy (non-hydrogen) atoms. The Morgan fingerprint density at radius 1 is 0.742 bits per heavy atom. The molecule has 0 aromatic carbocycles. The highest BCUT2D eigenvalue weighted by atomic mass is 16.3. The number of hydrogen-bond acceptors (Lipinski definition) is 1. The fourth-order valence-corrected chi connectivity index (χ4v) is 10.8. The Morgan fingerprint density at radius 3 is 2.16 bits per heavy atom. The van der Waals surface area contributed by atoms with Crippen molar-refractivity contribution in [3.63, 3.8) is 0 Å². The summed E-state index contributed by atoms with van der Waals surface area (Å²) < 4.78 is 0. The van der Waals surface area contributed by atoms with Crippen LogP contribution in [0.3, 0.4) is 0 Å². The molecule has 5 aliphatic rings. The first-order valence-corrected chi connectivity index (χ1v) is 13.6. The zero-order valence-electron chi connectivity index (χ0n) is 21.9. The average molecular weight is 427 g/mol. The number of fused-ring (bicyclic) bond motifs is 7. The zero-order chi connectivity index (χ0) is 22.7. The van der Waals surface area contributed by atoms with Gasteiger partial charge in [0.05, 0.1) is 6.10 Å². The second kappa shape index (κ2) is 6.43. The molecule has 0 unspecified atom stereocenters. The van der Waals surface area contributed by atoms with Crippen LogP contribution < -0.4 is 0 Å². The van der Waals surface area contributed by atoms with Crippen LogP contribution in [0.4, 0.5) is 0 Å². The number of aliphatic hydroxyl groups excluding tert-OH is 1. The normalized spacial score (nSPS) is 55.2. The summed E-state index contributed by atoms with van der Waals surface area (Å²) >= 11 is 0. The van der Waals surface area contributed by atoms with Crippen LogP contribution in [0.5, 0.6) is 0 Å². The Labute approximate surface area is 192 Å². The van der Waals surface area contributed by atoms with Gasteiger partial charge in [-0.05, 0) is 108 Å². The SMILES string of the molecule is CC1(C)[C@H]2CC=C3[C@@H](CC[C@@]4(C)[C@@H]5CCCC(C)(C)[C@@]5(C)CC[C@]34C)[C@@]2(C)CC[C@@H]1O. The predicted octanol–water partition coefficient (Wildman–Crippen LogP) is 8.17. The molecule has 0 radical (unpaired) electrons. The average Bonchev–Trinajstić information content (AvgIpc) is 2.68. The lowest BCUT2D eigenvalue weighted by Gasteiger charge is -2.72. The summed E-state index contributed by atoms with van der Waals surface area (Å²) in [7, 11) is 0. The maximum Gasteiger partial charge on any atom is 0.0594 e.